The van der Waals surface area contributed by atoms with Gasteiger partial charge in [0.15, 0.2) is 0 Å². The van der Waals surface area contributed by atoms with Crippen molar-refractivity contribution in [3.8, 4) is 5.75 Å². The van der Waals surface area contributed by atoms with Gasteiger partial charge in [0.25, 0.3) is 0 Å². The highest BCUT2D eigenvalue weighted by Crippen LogP contribution is 2.27. The second-order valence-corrected chi connectivity index (χ2v) is 4.93. The van der Waals surface area contributed by atoms with Crippen LogP contribution < -0.4 is 4.74 Å². The standard InChI is InChI=1S/C16H11ClO4/c17-11-3-1-4-12(7-11)20-8-10-9-21-14-6-2-5-13(15(10)14)16(18)19/h1-7,9H,8H2,(H,18,19). The first-order valence-electron chi connectivity index (χ1n) is 6.26. The average Bonchev–Trinajstić information content (AvgIpc) is 2.88. The van der Waals surface area contributed by atoms with Crippen molar-refractivity contribution in [1.29, 1.82) is 0 Å². The number of ether oxygens (including phenoxy) is 1. The zero-order valence-electron chi connectivity index (χ0n) is 10.9. The molecule has 0 aliphatic heterocycles. The van der Waals surface area contributed by atoms with Crippen LogP contribution in [0.25, 0.3) is 11.0 Å². The van der Waals surface area contributed by atoms with Crippen LogP contribution in [0.15, 0.2) is 53.1 Å². The molecule has 0 bridgehead atoms. The molecule has 0 spiro atoms. The molecule has 1 aromatic heterocycles. The van der Waals surface area contributed by atoms with Crippen molar-refractivity contribution in [2.24, 2.45) is 0 Å². The van der Waals surface area contributed by atoms with E-state index >= 15 is 0 Å². The van der Waals surface area contributed by atoms with E-state index in [9.17, 15) is 9.90 Å². The topological polar surface area (TPSA) is 59.7 Å². The number of halogens is 1. The summed E-state index contributed by atoms with van der Waals surface area (Å²) in [4.78, 5) is 11.3. The Hall–Kier alpha value is -2.46. The van der Waals surface area contributed by atoms with E-state index in [1.807, 2.05) is 0 Å². The first-order valence-corrected chi connectivity index (χ1v) is 6.63. The van der Waals surface area contributed by atoms with Crippen molar-refractivity contribution in [3.63, 3.8) is 0 Å². The summed E-state index contributed by atoms with van der Waals surface area (Å²) in [5.41, 5.74) is 1.41. The SMILES string of the molecule is O=C(O)c1cccc2occ(COc3cccc(Cl)c3)c12. The smallest absolute Gasteiger partial charge is 0.336 e. The number of hydrogen-bond acceptors (Lipinski definition) is 3. The number of carboxylic acids is 1. The predicted molar refractivity (Wildman–Crippen MR) is 79.0 cm³/mol. The minimum atomic E-state index is -0.994. The van der Waals surface area contributed by atoms with Gasteiger partial charge in [-0.05, 0) is 30.3 Å². The number of furan rings is 1. The molecule has 1 N–H and O–H groups in total. The Morgan fingerprint density at radius 2 is 2.05 bits per heavy atom. The fourth-order valence-electron chi connectivity index (χ4n) is 2.16. The highest BCUT2D eigenvalue weighted by molar-refractivity contribution is 6.30. The lowest BCUT2D eigenvalue weighted by Crippen LogP contribution is -2.00. The van der Waals surface area contributed by atoms with Gasteiger partial charge in [-0.15, -0.1) is 0 Å². The molecule has 0 unspecified atom stereocenters. The van der Waals surface area contributed by atoms with Crippen LogP contribution in [0.2, 0.25) is 5.02 Å². The summed E-state index contributed by atoms with van der Waals surface area (Å²) in [6.45, 7) is 0.206. The molecule has 5 heteroatoms. The monoisotopic (exact) mass is 302 g/mol. The number of aromatic carboxylic acids is 1. The van der Waals surface area contributed by atoms with E-state index in [1.165, 1.54) is 6.26 Å². The first-order chi connectivity index (χ1) is 10.1. The van der Waals surface area contributed by atoms with Gasteiger partial charge in [-0.2, -0.15) is 0 Å². The van der Waals surface area contributed by atoms with Gasteiger partial charge in [-0.3, -0.25) is 0 Å². The number of rotatable bonds is 4. The third-order valence-corrected chi connectivity index (χ3v) is 3.33. The van der Waals surface area contributed by atoms with E-state index in [2.05, 4.69) is 0 Å². The van der Waals surface area contributed by atoms with Gasteiger partial charge < -0.3 is 14.3 Å². The summed E-state index contributed by atoms with van der Waals surface area (Å²) >= 11 is 5.89. The number of carboxylic acid groups (broad SMARTS) is 1. The Balaban J connectivity index is 1.92. The lowest BCUT2D eigenvalue weighted by atomic mass is 10.1. The first kappa shape index (κ1) is 13.5. The Kier molecular flexibility index (Phi) is 3.54. The summed E-state index contributed by atoms with van der Waals surface area (Å²) in [5.74, 6) is -0.379. The number of hydrogen-bond donors (Lipinski definition) is 1. The Bertz CT molecular complexity index is 807. The van der Waals surface area contributed by atoms with Crippen LogP contribution in [0.4, 0.5) is 0 Å². The molecule has 3 aromatic rings. The molecule has 1 heterocycles. The van der Waals surface area contributed by atoms with Gasteiger partial charge >= 0.3 is 5.97 Å². The minimum Gasteiger partial charge on any atom is -0.489 e. The molecule has 0 amide bonds. The quantitative estimate of drug-likeness (QED) is 0.777. The highest BCUT2D eigenvalue weighted by Gasteiger charge is 2.15. The molecule has 3 rings (SSSR count). The van der Waals surface area contributed by atoms with E-state index in [1.54, 1.807) is 42.5 Å². The molecule has 0 fully saturated rings. The Morgan fingerprint density at radius 3 is 2.81 bits per heavy atom. The molecule has 0 saturated heterocycles. The maximum Gasteiger partial charge on any atom is 0.336 e. The average molecular weight is 303 g/mol. The van der Waals surface area contributed by atoms with E-state index in [-0.39, 0.29) is 12.2 Å². The summed E-state index contributed by atoms with van der Waals surface area (Å²) in [5, 5.41) is 10.4. The molecule has 0 saturated carbocycles. The molecular weight excluding hydrogens is 292 g/mol. The van der Waals surface area contributed by atoms with Crippen LogP contribution in [-0.2, 0) is 6.61 Å². The van der Waals surface area contributed by atoms with Gasteiger partial charge in [-0.25, -0.2) is 4.79 Å². The van der Waals surface area contributed by atoms with Crippen molar-refractivity contribution < 1.29 is 19.1 Å². The fraction of sp³-hybridized carbons (Fsp3) is 0.0625. The molecular formula is C16H11ClO4. The molecule has 0 radical (unpaired) electrons. The molecule has 21 heavy (non-hydrogen) atoms. The van der Waals surface area contributed by atoms with Crippen molar-refractivity contribution in [1.82, 2.24) is 0 Å². The summed E-state index contributed by atoms with van der Waals surface area (Å²) in [6.07, 6.45) is 1.52. The minimum absolute atomic E-state index is 0.200. The second kappa shape index (κ2) is 5.50. The van der Waals surface area contributed by atoms with Gasteiger partial charge in [0.1, 0.15) is 17.9 Å². The van der Waals surface area contributed by atoms with E-state index < -0.39 is 5.97 Å². The number of fused-ring (bicyclic) bond motifs is 1. The van der Waals surface area contributed by atoms with Crippen LogP contribution in [-0.4, -0.2) is 11.1 Å². The second-order valence-electron chi connectivity index (χ2n) is 4.49. The normalized spacial score (nSPS) is 10.7. The van der Waals surface area contributed by atoms with Crippen LogP contribution in [0.5, 0.6) is 5.75 Å². The lowest BCUT2D eigenvalue weighted by molar-refractivity contribution is 0.0699. The zero-order valence-corrected chi connectivity index (χ0v) is 11.6. The van der Waals surface area contributed by atoms with E-state index in [0.29, 0.717) is 27.3 Å². The Labute approximate surface area is 125 Å². The maximum absolute atomic E-state index is 11.3. The van der Waals surface area contributed by atoms with Gasteiger partial charge in [0.05, 0.1) is 11.8 Å². The zero-order chi connectivity index (χ0) is 14.8. The van der Waals surface area contributed by atoms with Crippen molar-refractivity contribution in [3.05, 3.63) is 64.9 Å². The van der Waals surface area contributed by atoms with Gasteiger partial charge in [0.2, 0.25) is 0 Å². The number of benzene rings is 2. The lowest BCUT2D eigenvalue weighted by Gasteiger charge is -2.06. The molecule has 106 valence electrons. The van der Waals surface area contributed by atoms with E-state index in [0.717, 1.165) is 0 Å². The van der Waals surface area contributed by atoms with Crippen molar-refractivity contribution in [2.45, 2.75) is 6.61 Å². The third kappa shape index (κ3) is 2.71. The fourth-order valence-corrected chi connectivity index (χ4v) is 2.34. The van der Waals surface area contributed by atoms with E-state index in [4.69, 9.17) is 20.8 Å². The highest BCUT2D eigenvalue weighted by atomic mass is 35.5. The molecule has 2 aromatic carbocycles. The van der Waals surface area contributed by atoms with Crippen LogP contribution in [0.1, 0.15) is 15.9 Å². The van der Waals surface area contributed by atoms with Crippen LogP contribution >= 0.6 is 11.6 Å². The summed E-state index contributed by atoms with van der Waals surface area (Å²) in [7, 11) is 0. The van der Waals surface area contributed by atoms with Crippen LogP contribution in [0.3, 0.4) is 0 Å². The van der Waals surface area contributed by atoms with Gasteiger partial charge in [-0.1, -0.05) is 23.7 Å². The molecule has 4 nitrogen and oxygen atoms in total. The maximum atomic E-state index is 11.3. The van der Waals surface area contributed by atoms with Gasteiger partial charge in [0, 0.05) is 16.0 Å². The Morgan fingerprint density at radius 1 is 1.24 bits per heavy atom. The van der Waals surface area contributed by atoms with Crippen LogP contribution in [0, 0.1) is 0 Å². The predicted octanol–water partition coefficient (Wildman–Crippen LogP) is 4.36. The summed E-state index contributed by atoms with van der Waals surface area (Å²) < 4.78 is 11.0. The summed E-state index contributed by atoms with van der Waals surface area (Å²) in [6, 6.07) is 11.9. The largest absolute Gasteiger partial charge is 0.489 e. The van der Waals surface area contributed by atoms with Crippen molar-refractivity contribution in [2.75, 3.05) is 0 Å². The van der Waals surface area contributed by atoms with Crippen molar-refractivity contribution >= 4 is 28.5 Å². The third-order valence-electron chi connectivity index (χ3n) is 3.10. The molecule has 0 aliphatic carbocycles. The molecule has 0 aliphatic rings. The molecule has 0 atom stereocenters. The number of carbonyl (C=O) groups is 1.